The summed E-state index contributed by atoms with van der Waals surface area (Å²) in [5.74, 6) is -3.42. The Morgan fingerprint density at radius 1 is 1.12 bits per heavy atom. The van der Waals surface area contributed by atoms with E-state index in [1.165, 1.54) is 50.4 Å². The van der Waals surface area contributed by atoms with Gasteiger partial charge in [-0.25, -0.2) is 17.2 Å². The summed E-state index contributed by atoms with van der Waals surface area (Å²) in [5, 5.41) is 2.51. The molecule has 0 aliphatic heterocycles. The molecule has 0 spiro atoms. The van der Waals surface area contributed by atoms with Crippen LogP contribution in [0.2, 0.25) is 0 Å². The number of methoxy groups -OCH3 is 1. The Bertz CT molecular complexity index is 925. The van der Waals surface area contributed by atoms with Crippen LogP contribution in [-0.4, -0.2) is 21.4 Å². The van der Waals surface area contributed by atoms with Crippen LogP contribution in [0.15, 0.2) is 47.4 Å². The first-order valence-electron chi connectivity index (χ1n) is 7.50. The maximum absolute atomic E-state index is 13.4. The molecular formula is C17H18F2N2O4S. The monoisotopic (exact) mass is 384 g/mol. The smallest absolute Gasteiger partial charge is 0.270 e. The van der Waals surface area contributed by atoms with Crippen molar-refractivity contribution in [2.75, 3.05) is 17.1 Å². The van der Waals surface area contributed by atoms with E-state index in [4.69, 9.17) is 4.74 Å². The molecule has 0 atom stereocenters. The first kappa shape index (κ1) is 19.6. The van der Waals surface area contributed by atoms with Crippen molar-refractivity contribution < 1.29 is 26.7 Å². The van der Waals surface area contributed by atoms with E-state index in [2.05, 4.69) is 10.0 Å². The maximum atomic E-state index is 13.4. The van der Waals surface area contributed by atoms with Gasteiger partial charge in [0, 0.05) is 36.9 Å². The molecule has 0 saturated carbocycles. The van der Waals surface area contributed by atoms with Crippen LogP contribution in [0, 0.1) is 0 Å². The Morgan fingerprint density at radius 3 is 2.38 bits per heavy atom. The van der Waals surface area contributed by atoms with Gasteiger partial charge in [-0.3, -0.25) is 9.52 Å². The number of ether oxygens (including phenoxy) is 1. The maximum Gasteiger partial charge on any atom is 0.270 e. The number of hydrogen-bond acceptors (Lipinski definition) is 4. The Balaban J connectivity index is 2.37. The van der Waals surface area contributed by atoms with Crippen LogP contribution in [0.25, 0.3) is 0 Å². The van der Waals surface area contributed by atoms with E-state index in [1.54, 1.807) is 0 Å². The van der Waals surface area contributed by atoms with Crippen LogP contribution in [0.4, 0.5) is 20.2 Å². The van der Waals surface area contributed by atoms with E-state index in [-0.39, 0.29) is 27.8 Å². The fourth-order valence-corrected chi connectivity index (χ4v) is 3.44. The largest absolute Gasteiger partial charge is 0.495 e. The van der Waals surface area contributed by atoms with Gasteiger partial charge in [-0.1, -0.05) is 12.1 Å². The molecule has 6 nitrogen and oxygen atoms in total. The number of amides is 1. The molecule has 2 N–H and O–H groups in total. The summed E-state index contributed by atoms with van der Waals surface area (Å²) in [7, 11) is -2.81. The minimum Gasteiger partial charge on any atom is -0.495 e. The van der Waals surface area contributed by atoms with Crippen molar-refractivity contribution >= 4 is 27.3 Å². The Hall–Kier alpha value is -2.68. The molecule has 0 aromatic heterocycles. The molecule has 140 valence electrons. The van der Waals surface area contributed by atoms with Gasteiger partial charge in [-0.05, 0) is 24.3 Å². The molecule has 0 saturated heterocycles. The Morgan fingerprint density at radius 2 is 1.81 bits per heavy atom. The topological polar surface area (TPSA) is 84.5 Å². The van der Waals surface area contributed by atoms with Crippen LogP contribution >= 0.6 is 0 Å². The van der Waals surface area contributed by atoms with Gasteiger partial charge < -0.3 is 10.1 Å². The molecule has 9 heteroatoms. The summed E-state index contributed by atoms with van der Waals surface area (Å²) in [6.45, 7) is 2.04. The molecule has 0 unspecified atom stereocenters. The van der Waals surface area contributed by atoms with E-state index in [0.717, 1.165) is 13.0 Å². The normalized spacial score (nSPS) is 11.7. The first-order valence-corrected chi connectivity index (χ1v) is 8.98. The lowest BCUT2D eigenvalue weighted by Crippen LogP contribution is -2.15. The van der Waals surface area contributed by atoms with Gasteiger partial charge in [0.25, 0.3) is 15.9 Å². The van der Waals surface area contributed by atoms with Crippen LogP contribution in [0.3, 0.4) is 0 Å². The van der Waals surface area contributed by atoms with Gasteiger partial charge in [-0.15, -0.1) is 0 Å². The van der Waals surface area contributed by atoms with E-state index in [1.807, 2.05) is 0 Å². The summed E-state index contributed by atoms with van der Waals surface area (Å²) in [4.78, 5) is 10.9. The molecule has 0 fully saturated rings. The van der Waals surface area contributed by atoms with Crippen LogP contribution in [0.5, 0.6) is 5.75 Å². The van der Waals surface area contributed by atoms with E-state index in [9.17, 15) is 22.0 Å². The number of hydrogen-bond donors (Lipinski definition) is 2. The molecule has 2 aromatic rings. The second-order valence-corrected chi connectivity index (χ2v) is 7.27. The summed E-state index contributed by atoms with van der Waals surface area (Å²) < 4.78 is 59.4. The summed E-state index contributed by atoms with van der Waals surface area (Å²) >= 11 is 0. The average molecular weight is 384 g/mol. The predicted molar refractivity (Wildman–Crippen MR) is 94.1 cm³/mol. The standard InChI is InChI=1S/C17H18F2N2O4S/c1-11(22)20-13-7-8-16(15(10-13)25-3)26(23,24)21-14-6-4-5-12(9-14)17(2,18)19/h4-10,21H,1-3H3,(H,20,22). The number of carbonyl (C=O) groups excluding carboxylic acids is 1. The number of alkyl halides is 2. The molecule has 0 heterocycles. The minimum atomic E-state index is -4.10. The lowest BCUT2D eigenvalue weighted by molar-refractivity contribution is -0.114. The number of benzene rings is 2. The first-order chi connectivity index (χ1) is 12.0. The Labute approximate surface area is 150 Å². The van der Waals surface area contributed by atoms with Gasteiger partial charge in [0.15, 0.2) is 0 Å². The third-order valence-electron chi connectivity index (χ3n) is 3.40. The van der Waals surface area contributed by atoms with Gasteiger partial charge >= 0.3 is 0 Å². The van der Waals surface area contributed by atoms with Crippen LogP contribution in [-0.2, 0) is 20.7 Å². The fraction of sp³-hybridized carbons (Fsp3) is 0.235. The van der Waals surface area contributed by atoms with Crippen molar-refractivity contribution in [2.45, 2.75) is 24.7 Å². The number of anilines is 2. The van der Waals surface area contributed by atoms with Crippen LogP contribution < -0.4 is 14.8 Å². The minimum absolute atomic E-state index is 0.000672. The fourth-order valence-electron chi connectivity index (χ4n) is 2.24. The zero-order chi connectivity index (χ0) is 19.5. The van der Waals surface area contributed by atoms with Crippen molar-refractivity contribution in [3.05, 3.63) is 48.0 Å². The van der Waals surface area contributed by atoms with Gasteiger partial charge in [0.2, 0.25) is 5.91 Å². The summed E-state index contributed by atoms with van der Waals surface area (Å²) in [6.07, 6.45) is 0. The highest BCUT2D eigenvalue weighted by Gasteiger charge is 2.25. The molecule has 2 rings (SSSR count). The van der Waals surface area contributed by atoms with E-state index < -0.39 is 15.9 Å². The average Bonchev–Trinajstić information content (AvgIpc) is 2.53. The van der Waals surface area contributed by atoms with Crippen molar-refractivity contribution in [2.24, 2.45) is 0 Å². The highest BCUT2D eigenvalue weighted by molar-refractivity contribution is 7.92. The third-order valence-corrected chi connectivity index (χ3v) is 4.82. The number of sulfonamides is 1. The molecule has 0 bridgehead atoms. The summed E-state index contributed by atoms with van der Waals surface area (Å²) in [5.41, 5.74) is 0.0450. The second kappa shape index (κ2) is 7.28. The molecule has 26 heavy (non-hydrogen) atoms. The zero-order valence-electron chi connectivity index (χ0n) is 14.3. The van der Waals surface area contributed by atoms with E-state index >= 15 is 0 Å². The molecule has 0 aliphatic carbocycles. The van der Waals surface area contributed by atoms with E-state index in [0.29, 0.717) is 5.69 Å². The molecule has 0 aliphatic rings. The van der Waals surface area contributed by atoms with Gasteiger partial charge in [-0.2, -0.15) is 0 Å². The number of rotatable bonds is 6. The van der Waals surface area contributed by atoms with Crippen molar-refractivity contribution in [1.82, 2.24) is 0 Å². The van der Waals surface area contributed by atoms with Gasteiger partial charge in [0.05, 0.1) is 7.11 Å². The lowest BCUT2D eigenvalue weighted by atomic mass is 10.1. The molecular weight excluding hydrogens is 366 g/mol. The van der Waals surface area contributed by atoms with Crippen LogP contribution in [0.1, 0.15) is 19.4 Å². The summed E-state index contributed by atoms with van der Waals surface area (Å²) in [6, 6.07) is 8.98. The molecule has 0 radical (unpaired) electrons. The van der Waals surface area contributed by atoms with Crippen molar-refractivity contribution in [3.63, 3.8) is 0 Å². The van der Waals surface area contributed by atoms with Gasteiger partial charge in [0.1, 0.15) is 10.6 Å². The highest BCUT2D eigenvalue weighted by atomic mass is 32.2. The number of halogens is 2. The van der Waals surface area contributed by atoms with Crippen molar-refractivity contribution in [3.8, 4) is 5.75 Å². The lowest BCUT2D eigenvalue weighted by Gasteiger charge is -2.15. The second-order valence-electron chi connectivity index (χ2n) is 5.62. The number of nitrogens with one attached hydrogen (secondary N) is 2. The molecule has 2 aromatic carbocycles. The van der Waals surface area contributed by atoms with Crippen molar-refractivity contribution in [1.29, 1.82) is 0 Å². The zero-order valence-corrected chi connectivity index (χ0v) is 15.2. The Kier molecular flexibility index (Phi) is 5.50. The number of carbonyl (C=O) groups is 1. The third kappa shape index (κ3) is 4.69. The quantitative estimate of drug-likeness (QED) is 0.798. The predicted octanol–water partition coefficient (Wildman–Crippen LogP) is 3.57. The highest BCUT2D eigenvalue weighted by Crippen LogP contribution is 2.31. The molecule has 1 amide bonds. The SMILES string of the molecule is COc1cc(NC(C)=O)ccc1S(=O)(=O)Nc1cccc(C(C)(F)F)c1.